The summed E-state index contributed by atoms with van der Waals surface area (Å²) in [4.78, 5) is 13.0. The molecule has 0 saturated carbocycles. The van der Waals surface area contributed by atoms with Crippen LogP contribution in [-0.2, 0) is 15.6 Å². The van der Waals surface area contributed by atoms with Gasteiger partial charge in [-0.05, 0) is 24.3 Å². The Morgan fingerprint density at radius 3 is 2.40 bits per heavy atom. The summed E-state index contributed by atoms with van der Waals surface area (Å²) in [5, 5.41) is 2.80. The fourth-order valence-corrected chi connectivity index (χ4v) is 4.64. The average Bonchev–Trinajstić information content (AvgIpc) is 2.94. The first-order valence-corrected chi connectivity index (χ1v) is 9.94. The Labute approximate surface area is 156 Å². The summed E-state index contributed by atoms with van der Waals surface area (Å²) in [6.45, 7) is 1.25. The van der Waals surface area contributed by atoms with E-state index < -0.39 is 15.6 Å². The van der Waals surface area contributed by atoms with Crippen molar-refractivity contribution in [1.29, 1.82) is 0 Å². The molecule has 6 nitrogen and oxygen atoms in total. The summed E-state index contributed by atoms with van der Waals surface area (Å²) < 4.78 is 30.4. The van der Waals surface area contributed by atoms with Crippen molar-refractivity contribution in [2.75, 3.05) is 27.2 Å². The minimum absolute atomic E-state index is 0.0446. The van der Waals surface area contributed by atoms with Crippen molar-refractivity contribution in [2.45, 2.75) is 10.6 Å². The van der Waals surface area contributed by atoms with Gasteiger partial charge in [0.15, 0.2) is 15.6 Å². The zero-order valence-electron chi connectivity index (χ0n) is 13.8. The molecule has 0 atom stereocenters. The summed E-state index contributed by atoms with van der Waals surface area (Å²) in [6, 6.07) is 7.36. The molecule has 0 unspecified atom stereocenters. The highest BCUT2D eigenvalue weighted by Gasteiger charge is 2.24. The maximum Gasteiger partial charge on any atom is 0.287 e. The quantitative estimate of drug-likeness (QED) is 0.729. The molecular weight excluding hydrogens is 387 g/mol. The maximum atomic E-state index is 12.5. The van der Waals surface area contributed by atoms with E-state index in [4.69, 9.17) is 27.6 Å². The van der Waals surface area contributed by atoms with Gasteiger partial charge in [-0.25, -0.2) is 8.42 Å². The number of amides is 1. The second-order valence-electron chi connectivity index (χ2n) is 5.79. The Bertz CT molecular complexity index is 843. The molecule has 0 saturated heterocycles. The van der Waals surface area contributed by atoms with E-state index in [2.05, 4.69) is 5.32 Å². The molecule has 136 valence electrons. The van der Waals surface area contributed by atoms with Gasteiger partial charge in [0.1, 0.15) is 16.4 Å². The van der Waals surface area contributed by atoms with Crippen molar-refractivity contribution in [1.82, 2.24) is 5.32 Å². The molecule has 0 radical (unpaired) electrons. The lowest BCUT2D eigenvalue weighted by Gasteiger charge is -2.08. The van der Waals surface area contributed by atoms with Gasteiger partial charge < -0.3 is 14.6 Å². The molecule has 0 bridgehead atoms. The maximum absolute atomic E-state index is 12.5. The molecule has 0 aliphatic heterocycles. The van der Waals surface area contributed by atoms with E-state index in [-0.39, 0.29) is 32.4 Å². The second kappa shape index (κ2) is 8.23. The average molecular weight is 406 g/mol. The summed E-state index contributed by atoms with van der Waals surface area (Å²) in [5.74, 6) is -0.629. The van der Waals surface area contributed by atoms with Crippen molar-refractivity contribution < 1.29 is 22.5 Å². The lowest BCUT2D eigenvalue weighted by molar-refractivity contribution is -0.856. The Hall–Kier alpha value is -1.54. The first kappa shape index (κ1) is 19.8. The van der Waals surface area contributed by atoms with Gasteiger partial charge in [-0.2, -0.15) is 0 Å². The van der Waals surface area contributed by atoms with Gasteiger partial charge in [0.25, 0.3) is 5.91 Å². The number of quaternary nitrogens is 1. The summed E-state index contributed by atoms with van der Waals surface area (Å²) in [6.07, 6.45) is 0. The van der Waals surface area contributed by atoms with E-state index in [1.165, 1.54) is 29.2 Å². The van der Waals surface area contributed by atoms with Gasteiger partial charge in [-0.15, -0.1) is 0 Å². The predicted molar refractivity (Wildman–Crippen MR) is 96.1 cm³/mol. The highest BCUT2D eigenvalue weighted by Crippen LogP contribution is 2.31. The number of carbonyl (C=O) groups excluding carboxylic acids is 1. The van der Waals surface area contributed by atoms with Gasteiger partial charge in [-0.3, -0.25) is 4.79 Å². The lowest BCUT2D eigenvalue weighted by Crippen LogP contribution is -3.06. The molecule has 1 aromatic carbocycles. The van der Waals surface area contributed by atoms with Gasteiger partial charge in [0, 0.05) is 0 Å². The monoisotopic (exact) mass is 405 g/mol. The van der Waals surface area contributed by atoms with Crippen LogP contribution in [0.1, 0.15) is 16.3 Å². The molecule has 0 aliphatic rings. The van der Waals surface area contributed by atoms with E-state index in [0.29, 0.717) is 6.54 Å². The van der Waals surface area contributed by atoms with Crippen LogP contribution in [0.4, 0.5) is 0 Å². The van der Waals surface area contributed by atoms with Gasteiger partial charge in [0.05, 0.1) is 37.2 Å². The minimum atomic E-state index is -3.81. The predicted octanol–water partition coefficient (Wildman–Crippen LogP) is 1.43. The van der Waals surface area contributed by atoms with E-state index in [1.54, 1.807) is 6.07 Å². The normalized spacial score (nSPS) is 11.7. The number of halogens is 2. The number of carbonyl (C=O) groups is 1. The first-order chi connectivity index (χ1) is 11.7. The van der Waals surface area contributed by atoms with Crippen LogP contribution in [0.15, 0.2) is 39.6 Å². The largest absolute Gasteiger partial charge is 0.455 e. The number of hydrogen-bond donors (Lipinski definition) is 2. The molecule has 0 spiro atoms. The van der Waals surface area contributed by atoms with E-state index in [0.717, 1.165) is 6.54 Å². The van der Waals surface area contributed by atoms with Crippen molar-refractivity contribution in [2.24, 2.45) is 0 Å². The number of furan rings is 1. The molecule has 25 heavy (non-hydrogen) atoms. The van der Waals surface area contributed by atoms with Crippen LogP contribution >= 0.6 is 23.2 Å². The molecular formula is C16H19Cl2N2O4S+. The highest BCUT2D eigenvalue weighted by atomic mass is 35.5. The van der Waals surface area contributed by atoms with Crippen LogP contribution in [0, 0.1) is 0 Å². The molecule has 0 aliphatic carbocycles. The Morgan fingerprint density at radius 1 is 1.16 bits per heavy atom. The standard InChI is InChI=1S/C16H18Cl2N2O4S/c1-20(2)9-8-19-16(21)14-7-6-11(24-14)10-25(22,23)15-12(17)4-3-5-13(15)18/h3-7H,8-10H2,1-2H3,(H,19,21)/p+1. The van der Waals surface area contributed by atoms with Crippen molar-refractivity contribution >= 4 is 38.9 Å². The van der Waals surface area contributed by atoms with Crippen LogP contribution in [0.3, 0.4) is 0 Å². The number of likely N-dealkylation sites (N-methyl/N-ethyl adjacent to an activating group) is 1. The zero-order chi connectivity index (χ0) is 18.6. The number of sulfone groups is 1. The fraction of sp³-hybridized carbons (Fsp3) is 0.312. The Balaban J connectivity index is 2.11. The van der Waals surface area contributed by atoms with E-state index in [1.807, 2.05) is 14.1 Å². The third kappa shape index (κ3) is 5.22. The number of hydrogen-bond acceptors (Lipinski definition) is 4. The van der Waals surface area contributed by atoms with Gasteiger partial charge in [0.2, 0.25) is 0 Å². The van der Waals surface area contributed by atoms with Crippen molar-refractivity contribution in [3.8, 4) is 0 Å². The van der Waals surface area contributed by atoms with E-state index in [9.17, 15) is 13.2 Å². The van der Waals surface area contributed by atoms with Crippen LogP contribution in [-0.4, -0.2) is 41.5 Å². The second-order valence-corrected chi connectivity index (χ2v) is 8.53. The lowest BCUT2D eigenvalue weighted by atomic mass is 10.4. The van der Waals surface area contributed by atoms with Crippen LogP contribution < -0.4 is 10.2 Å². The topological polar surface area (TPSA) is 80.8 Å². The number of rotatable bonds is 7. The van der Waals surface area contributed by atoms with Gasteiger partial charge >= 0.3 is 0 Å². The van der Waals surface area contributed by atoms with E-state index >= 15 is 0 Å². The zero-order valence-corrected chi connectivity index (χ0v) is 16.1. The molecule has 1 amide bonds. The summed E-state index contributed by atoms with van der Waals surface area (Å²) in [7, 11) is 0.140. The number of benzene rings is 1. The van der Waals surface area contributed by atoms with Gasteiger partial charge in [-0.1, -0.05) is 29.3 Å². The molecule has 2 rings (SSSR count). The number of nitrogens with one attached hydrogen (secondary N) is 2. The fourth-order valence-electron chi connectivity index (χ4n) is 2.13. The smallest absolute Gasteiger partial charge is 0.287 e. The molecule has 1 aromatic heterocycles. The Morgan fingerprint density at radius 2 is 1.80 bits per heavy atom. The molecule has 1 heterocycles. The van der Waals surface area contributed by atoms with Crippen LogP contribution in [0.5, 0.6) is 0 Å². The SMILES string of the molecule is C[NH+](C)CCNC(=O)c1ccc(CS(=O)(=O)c2c(Cl)cccc2Cl)o1. The molecule has 9 heteroatoms. The molecule has 2 N–H and O–H groups in total. The van der Waals surface area contributed by atoms with Crippen molar-refractivity contribution in [3.63, 3.8) is 0 Å². The molecule has 2 aromatic rings. The van der Waals surface area contributed by atoms with Crippen molar-refractivity contribution in [3.05, 3.63) is 51.9 Å². The van der Waals surface area contributed by atoms with Crippen LogP contribution in [0.2, 0.25) is 10.0 Å². The third-order valence-corrected chi connectivity index (χ3v) is 5.94. The highest BCUT2D eigenvalue weighted by molar-refractivity contribution is 7.90. The summed E-state index contributed by atoms with van der Waals surface area (Å²) >= 11 is 11.9. The third-order valence-electron chi connectivity index (χ3n) is 3.36. The first-order valence-electron chi connectivity index (χ1n) is 7.53. The molecule has 0 fully saturated rings. The summed E-state index contributed by atoms with van der Waals surface area (Å²) in [5.41, 5.74) is 0. The van der Waals surface area contributed by atoms with Crippen LogP contribution in [0.25, 0.3) is 0 Å². The minimum Gasteiger partial charge on any atom is -0.455 e. The Kier molecular flexibility index (Phi) is 6.51.